The maximum Gasteiger partial charge on any atom is 2.00 e. The van der Waals surface area contributed by atoms with Crippen LogP contribution in [0.2, 0.25) is 0 Å². The average Bonchev–Trinajstić information content (AvgIpc) is 1.71. The number of phosphoric ester groups is 2. The van der Waals surface area contributed by atoms with E-state index < -0.39 is 29.6 Å². The Hall–Kier alpha value is 1.89. The first kappa shape index (κ1) is 18.9. The Morgan fingerprint density at radius 2 is 1.18 bits per heavy atom. The molecule has 0 radical (unpaired) electrons. The summed E-state index contributed by atoms with van der Waals surface area (Å²) in [7, 11) is -12.5. The predicted octanol–water partition coefficient (Wildman–Crippen LogP) is -4.89. The molecule has 0 aromatic rings. The van der Waals surface area contributed by atoms with Gasteiger partial charge >= 0.3 is 68.4 Å². The summed E-state index contributed by atoms with van der Waals surface area (Å²) in [6.45, 7) is 0. The Balaban J connectivity index is 0.000000328. The van der Waals surface area contributed by atoms with Crippen LogP contribution < -0.4 is 44.2 Å². The Labute approximate surface area is 126 Å². The molecule has 6 heterocycles. The number of hydrogen-bond donors (Lipinski definition) is 0. The minimum Gasteiger partial charge on any atom is -0.822 e. The zero-order chi connectivity index (χ0) is 11.5. The quantitative estimate of drug-likeness (QED) is 0.300. The molecule has 1 spiro atoms. The Bertz CT molecular complexity index is 378. The molecule has 0 saturated carbocycles. The van der Waals surface area contributed by atoms with Crippen LogP contribution in [0.15, 0.2) is 0 Å². The van der Waals surface area contributed by atoms with E-state index in [1.807, 2.05) is 0 Å². The first-order valence-corrected chi connectivity index (χ1v) is 7.39. The third kappa shape index (κ3) is 4.44. The minimum atomic E-state index is -5.39. The van der Waals surface area contributed by atoms with E-state index in [1.54, 1.807) is 0 Å². The van der Waals surface area contributed by atoms with E-state index in [1.165, 1.54) is 0 Å². The summed E-state index contributed by atoms with van der Waals surface area (Å²) in [6, 6.07) is 0. The molecule has 0 amide bonds. The molecule has 6 saturated heterocycles. The molecule has 6 aliphatic heterocycles. The van der Waals surface area contributed by atoms with Gasteiger partial charge in [-0.1, -0.05) is 0 Å². The molecule has 16 heteroatoms. The molecule has 0 unspecified atom stereocenters. The topological polar surface area (TPSA) is 167 Å². The van der Waals surface area contributed by atoms with E-state index in [0.29, 0.717) is 0 Å². The van der Waals surface area contributed by atoms with Crippen molar-refractivity contribution in [3.63, 3.8) is 0 Å². The molecule has 6 fully saturated rings. The molecule has 0 aromatic heterocycles. The third-order valence-corrected chi connectivity index (χ3v) is 4.48. The van der Waals surface area contributed by atoms with Gasteiger partial charge in [-0.05, 0) is 0 Å². The second-order valence-corrected chi connectivity index (χ2v) is 6.36. The Morgan fingerprint density at radius 3 is 1.29 bits per heavy atom. The Kier molecular flexibility index (Phi) is 5.94. The largest absolute Gasteiger partial charge is 2.00 e. The smallest absolute Gasteiger partial charge is 0.822 e. The standard InChI is InChI=1S/CO7P2.Fe.Na.H3O4P/c2-9-4-1(5-9)6-10(3,7-1)8-9;;;1-5(2,3)4/h;;;(H3,1,2,3,4)/q;+2;+1;/p-3. The van der Waals surface area contributed by atoms with Crippen molar-refractivity contribution >= 4 is 23.5 Å². The molecule has 11 nitrogen and oxygen atoms in total. The average molecular weight is 360 g/mol. The van der Waals surface area contributed by atoms with E-state index in [0.717, 1.165) is 0 Å². The summed E-state index contributed by atoms with van der Waals surface area (Å²) in [6.07, 6.45) is -1.76. The molecular weight excluding hydrogens is 360 g/mol. The number of rotatable bonds is 0. The molecule has 0 atom stereocenters. The first-order valence-electron chi connectivity index (χ1n) is 3.01. The normalized spacial score (nSPS) is 44.6. The molecule has 17 heavy (non-hydrogen) atoms. The maximum atomic E-state index is 10.7. The number of hydrogen-bond acceptors (Lipinski definition) is 11. The fourth-order valence-corrected chi connectivity index (χ4v) is 3.99. The van der Waals surface area contributed by atoms with Gasteiger partial charge in [-0.15, -0.1) is 0 Å². The van der Waals surface area contributed by atoms with E-state index >= 15 is 0 Å². The SMILES string of the molecule is O=P([O-])([O-])[O-].O=P12OC3(O1)OP(=O)(O3)O2.[Fe+2].[Na+]. The molecule has 3 bridgehead atoms. The van der Waals surface area contributed by atoms with Crippen molar-refractivity contribution in [2.75, 3.05) is 0 Å². The molecule has 0 aromatic carbocycles. The van der Waals surface area contributed by atoms with Crippen LogP contribution in [0.3, 0.4) is 0 Å². The van der Waals surface area contributed by atoms with Crippen LogP contribution in [-0.2, 0) is 53.2 Å². The molecule has 6 aliphatic rings. The van der Waals surface area contributed by atoms with Crippen molar-refractivity contribution < 1.29 is 97.4 Å². The van der Waals surface area contributed by atoms with Crippen LogP contribution >= 0.6 is 23.5 Å². The van der Waals surface area contributed by atoms with E-state index in [-0.39, 0.29) is 46.6 Å². The van der Waals surface area contributed by atoms with Crippen LogP contribution in [0.5, 0.6) is 0 Å². The van der Waals surface area contributed by atoms with Crippen LogP contribution in [-0.4, -0.2) is 6.16 Å². The molecule has 0 N–H and O–H groups in total. The second kappa shape index (κ2) is 5.35. The second-order valence-electron chi connectivity index (χ2n) is 2.29. The first-order chi connectivity index (χ1) is 6.54. The summed E-state index contributed by atoms with van der Waals surface area (Å²) >= 11 is 0. The summed E-state index contributed by atoms with van der Waals surface area (Å²) in [4.78, 5) is 25.6. The monoisotopic (exact) mass is 360 g/mol. The van der Waals surface area contributed by atoms with Gasteiger partial charge in [0, 0.05) is 0 Å². The zero-order valence-corrected chi connectivity index (χ0v) is 13.5. The van der Waals surface area contributed by atoms with Gasteiger partial charge in [0.15, 0.2) is 0 Å². The fourth-order valence-electron chi connectivity index (χ4n) is 0.817. The zero-order valence-electron chi connectivity index (χ0n) is 7.69. The summed E-state index contributed by atoms with van der Waals surface area (Å²) in [5, 5.41) is 0. The van der Waals surface area contributed by atoms with Gasteiger partial charge in [0.05, 0.1) is 0 Å². The van der Waals surface area contributed by atoms with Crippen LogP contribution in [0.25, 0.3) is 0 Å². The van der Waals surface area contributed by atoms with Gasteiger partial charge in [0.25, 0.3) is 0 Å². The van der Waals surface area contributed by atoms with Crippen LogP contribution in [0.4, 0.5) is 0 Å². The van der Waals surface area contributed by atoms with Crippen molar-refractivity contribution in [2.45, 2.75) is 6.16 Å². The Morgan fingerprint density at radius 1 is 0.941 bits per heavy atom. The van der Waals surface area contributed by atoms with E-state index in [4.69, 9.17) is 19.2 Å². The van der Waals surface area contributed by atoms with Crippen molar-refractivity contribution in [3.8, 4) is 0 Å². The summed E-state index contributed by atoms with van der Waals surface area (Å²) in [5.41, 5.74) is 0. The molecule has 6 rings (SSSR count). The van der Waals surface area contributed by atoms with E-state index in [9.17, 15) is 9.13 Å². The maximum absolute atomic E-state index is 10.7. The van der Waals surface area contributed by atoms with Crippen LogP contribution in [0.1, 0.15) is 0 Å². The van der Waals surface area contributed by atoms with Gasteiger partial charge < -0.3 is 19.2 Å². The molecular formula is CFeNaO11P3. The predicted molar refractivity (Wildman–Crippen MR) is 31.0 cm³/mol. The third-order valence-electron chi connectivity index (χ3n) is 1.09. The van der Waals surface area contributed by atoms with Crippen molar-refractivity contribution in [1.29, 1.82) is 0 Å². The van der Waals surface area contributed by atoms with Crippen LogP contribution in [0, 0.1) is 0 Å². The summed E-state index contributed by atoms with van der Waals surface area (Å²) < 4.78 is 51.7. The van der Waals surface area contributed by atoms with Gasteiger partial charge in [0.2, 0.25) is 0 Å². The van der Waals surface area contributed by atoms with Crippen molar-refractivity contribution in [1.82, 2.24) is 0 Å². The van der Waals surface area contributed by atoms with Gasteiger partial charge in [0.1, 0.15) is 0 Å². The fraction of sp³-hybridized carbons (Fsp3) is 1.00. The summed E-state index contributed by atoms with van der Waals surface area (Å²) in [5.74, 6) is 0. The molecule has 0 aliphatic carbocycles. The van der Waals surface area contributed by atoms with Gasteiger partial charge in [-0.25, -0.2) is 27.2 Å². The number of phosphoric acid groups is 3. The van der Waals surface area contributed by atoms with E-state index in [2.05, 4.69) is 22.4 Å². The molecule has 94 valence electrons. The van der Waals surface area contributed by atoms with Gasteiger partial charge in [-0.3, -0.25) is 0 Å². The minimum absolute atomic E-state index is 0. The van der Waals surface area contributed by atoms with Crippen molar-refractivity contribution in [2.24, 2.45) is 0 Å². The van der Waals surface area contributed by atoms with Crippen molar-refractivity contribution in [3.05, 3.63) is 0 Å². The van der Waals surface area contributed by atoms with Gasteiger partial charge in [-0.2, -0.15) is 12.1 Å².